The molecule has 0 spiro atoms. The summed E-state index contributed by atoms with van der Waals surface area (Å²) in [6.45, 7) is 1.56. The summed E-state index contributed by atoms with van der Waals surface area (Å²) in [7, 11) is -3.68. The first-order valence-corrected chi connectivity index (χ1v) is 7.70. The van der Waals surface area contributed by atoms with E-state index in [2.05, 4.69) is 9.71 Å². The Hall–Kier alpha value is -1.51. The zero-order chi connectivity index (χ0) is 14.0. The zero-order valence-corrected chi connectivity index (χ0v) is 11.7. The third kappa shape index (κ3) is 3.28. The van der Waals surface area contributed by atoms with Gasteiger partial charge in [0, 0.05) is 5.38 Å². The third-order valence-corrected chi connectivity index (χ3v) is 4.57. The first-order valence-electron chi connectivity index (χ1n) is 5.34. The van der Waals surface area contributed by atoms with Gasteiger partial charge in [0.1, 0.15) is 5.82 Å². The number of anilines is 1. The van der Waals surface area contributed by atoms with Crippen molar-refractivity contribution in [3.8, 4) is 0 Å². The maximum Gasteiger partial charge on any atom is 0.240 e. The van der Waals surface area contributed by atoms with E-state index in [0.29, 0.717) is 10.8 Å². The molecular formula is C11H12FN3O2S2. The van der Waals surface area contributed by atoms with Crippen LogP contribution in [0.3, 0.4) is 0 Å². The highest BCUT2D eigenvalue weighted by Crippen LogP contribution is 2.15. The minimum atomic E-state index is -3.68. The maximum atomic E-state index is 13.1. The monoisotopic (exact) mass is 301 g/mol. The van der Waals surface area contributed by atoms with E-state index in [0.717, 1.165) is 6.07 Å². The van der Waals surface area contributed by atoms with Crippen LogP contribution in [-0.4, -0.2) is 13.4 Å². The number of hydrogen-bond acceptors (Lipinski definition) is 5. The van der Waals surface area contributed by atoms with E-state index in [1.54, 1.807) is 5.38 Å². The second-order valence-electron chi connectivity index (χ2n) is 3.91. The van der Waals surface area contributed by atoms with Crippen LogP contribution in [0, 0.1) is 12.7 Å². The lowest BCUT2D eigenvalue weighted by atomic mass is 10.2. The lowest BCUT2D eigenvalue weighted by Crippen LogP contribution is -2.23. The molecule has 0 unspecified atom stereocenters. The molecule has 8 heteroatoms. The van der Waals surface area contributed by atoms with E-state index in [9.17, 15) is 12.8 Å². The van der Waals surface area contributed by atoms with Crippen LogP contribution in [0.15, 0.2) is 28.5 Å². The molecule has 0 aliphatic rings. The maximum absolute atomic E-state index is 13.1. The van der Waals surface area contributed by atoms with Gasteiger partial charge in [-0.15, -0.1) is 11.3 Å². The molecule has 0 saturated heterocycles. The summed E-state index contributed by atoms with van der Waals surface area (Å²) >= 11 is 1.24. The van der Waals surface area contributed by atoms with Crippen LogP contribution < -0.4 is 10.5 Å². The van der Waals surface area contributed by atoms with Crippen LogP contribution in [0.2, 0.25) is 0 Å². The Bertz CT molecular complexity index is 698. The van der Waals surface area contributed by atoms with Crippen molar-refractivity contribution in [2.45, 2.75) is 18.4 Å². The molecule has 0 aliphatic heterocycles. The second kappa shape index (κ2) is 5.24. The smallest absolute Gasteiger partial charge is 0.240 e. The predicted molar refractivity (Wildman–Crippen MR) is 71.7 cm³/mol. The minimum Gasteiger partial charge on any atom is -0.375 e. The van der Waals surface area contributed by atoms with Gasteiger partial charge in [0.25, 0.3) is 0 Å². The highest BCUT2D eigenvalue weighted by molar-refractivity contribution is 7.89. The zero-order valence-electron chi connectivity index (χ0n) is 10.1. The van der Waals surface area contributed by atoms with Crippen LogP contribution in [-0.2, 0) is 16.6 Å². The summed E-state index contributed by atoms with van der Waals surface area (Å²) < 4.78 is 39.5. The van der Waals surface area contributed by atoms with E-state index in [4.69, 9.17) is 5.73 Å². The van der Waals surface area contributed by atoms with E-state index < -0.39 is 15.8 Å². The van der Waals surface area contributed by atoms with Crippen molar-refractivity contribution in [3.05, 3.63) is 40.7 Å². The Morgan fingerprint density at radius 1 is 1.47 bits per heavy atom. The third-order valence-electron chi connectivity index (χ3n) is 2.45. The molecule has 0 amide bonds. The van der Waals surface area contributed by atoms with Crippen molar-refractivity contribution in [2.75, 3.05) is 5.73 Å². The van der Waals surface area contributed by atoms with Gasteiger partial charge in [-0.3, -0.25) is 0 Å². The highest BCUT2D eigenvalue weighted by Gasteiger charge is 2.15. The molecule has 0 fully saturated rings. The lowest BCUT2D eigenvalue weighted by molar-refractivity contribution is 0.579. The van der Waals surface area contributed by atoms with Crippen molar-refractivity contribution in [2.24, 2.45) is 0 Å². The van der Waals surface area contributed by atoms with Crippen LogP contribution >= 0.6 is 11.3 Å². The van der Waals surface area contributed by atoms with Gasteiger partial charge in [-0.2, -0.15) is 0 Å². The number of sulfonamides is 1. The van der Waals surface area contributed by atoms with E-state index in [1.807, 2.05) is 0 Å². The fourth-order valence-corrected chi connectivity index (χ4v) is 3.09. The summed E-state index contributed by atoms with van der Waals surface area (Å²) in [6.07, 6.45) is 0. The SMILES string of the molecule is Cc1cc(S(=O)(=O)NCc2csc(N)n2)ccc1F. The number of thiazole rings is 1. The van der Waals surface area contributed by atoms with Crippen molar-refractivity contribution in [3.63, 3.8) is 0 Å². The summed E-state index contributed by atoms with van der Waals surface area (Å²) in [5.41, 5.74) is 6.28. The van der Waals surface area contributed by atoms with Gasteiger partial charge < -0.3 is 5.73 Å². The number of aryl methyl sites for hydroxylation is 1. The van der Waals surface area contributed by atoms with Gasteiger partial charge in [-0.05, 0) is 30.7 Å². The molecule has 0 radical (unpaired) electrons. The fourth-order valence-electron chi connectivity index (χ4n) is 1.44. The van der Waals surface area contributed by atoms with Gasteiger partial charge in [-0.25, -0.2) is 22.5 Å². The highest BCUT2D eigenvalue weighted by atomic mass is 32.2. The summed E-state index contributed by atoms with van der Waals surface area (Å²) in [4.78, 5) is 3.97. The summed E-state index contributed by atoms with van der Waals surface area (Å²) in [5.74, 6) is -0.439. The molecule has 5 nitrogen and oxygen atoms in total. The first kappa shape index (κ1) is 13.9. The Morgan fingerprint density at radius 3 is 2.79 bits per heavy atom. The average Bonchev–Trinajstić information content (AvgIpc) is 2.76. The molecule has 0 aliphatic carbocycles. The molecule has 1 aromatic heterocycles. The molecule has 2 rings (SSSR count). The van der Waals surface area contributed by atoms with E-state index in [-0.39, 0.29) is 17.0 Å². The van der Waals surface area contributed by atoms with E-state index in [1.165, 1.54) is 30.4 Å². The Morgan fingerprint density at radius 2 is 2.21 bits per heavy atom. The normalized spacial score (nSPS) is 11.7. The van der Waals surface area contributed by atoms with Crippen LogP contribution in [0.4, 0.5) is 9.52 Å². The van der Waals surface area contributed by atoms with Crippen molar-refractivity contribution in [1.82, 2.24) is 9.71 Å². The first-order chi connectivity index (χ1) is 8.88. The quantitative estimate of drug-likeness (QED) is 0.899. The summed E-state index contributed by atoms with van der Waals surface area (Å²) in [6, 6.07) is 3.64. The molecule has 1 aromatic carbocycles. The average molecular weight is 301 g/mol. The summed E-state index contributed by atoms with van der Waals surface area (Å²) in [5, 5.41) is 2.06. The van der Waals surface area contributed by atoms with Crippen molar-refractivity contribution in [1.29, 1.82) is 0 Å². The molecule has 2 aromatic rings. The largest absolute Gasteiger partial charge is 0.375 e. The Kier molecular flexibility index (Phi) is 3.83. The number of benzene rings is 1. The fraction of sp³-hybridized carbons (Fsp3) is 0.182. The lowest BCUT2D eigenvalue weighted by Gasteiger charge is -2.06. The van der Waals surface area contributed by atoms with Crippen molar-refractivity contribution < 1.29 is 12.8 Å². The van der Waals surface area contributed by atoms with Gasteiger partial charge in [0.05, 0.1) is 17.1 Å². The number of hydrogen-bond donors (Lipinski definition) is 2. The Labute approximate surface area is 114 Å². The van der Waals surface area contributed by atoms with Gasteiger partial charge in [0.15, 0.2) is 5.13 Å². The molecule has 1 heterocycles. The molecular weight excluding hydrogens is 289 g/mol. The minimum absolute atomic E-state index is 0.0228. The molecule has 0 bridgehead atoms. The second-order valence-corrected chi connectivity index (χ2v) is 6.57. The number of aromatic nitrogens is 1. The number of nitrogens with one attached hydrogen (secondary N) is 1. The number of nitrogen functional groups attached to an aromatic ring is 1. The Balaban J connectivity index is 2.16. The number of halogens is 1. The van der Waals surface area contributed by atoms with E-state index >= 15 is 0 Å². The standard InChI is InChI=1S/C11H12FN3O2S2/c1-7-4-9(2-3-10(7)12)19(16,17)14-5-8-6-18-11(13)15-8/h2-4,6,14H,5H2,1H3,(H2,13,15). The molecule has 19 heavy (non-hydrogen) atoms. The van der Waals surface area contributed by atoms with Crippen LogP contribution in [0.1, 0.15) is 11.3 Å². The number of rotatable bonds is 4. The van der Waals surface area contributed by atoms with Crippen LogP contribution in [0.25, 0.3) is 0 Å². The predicted octanol–water partition coefficient (Wildman–Crippen LogP) is 1.65. The number of nitrogens with zero attached hydrogens (tertiary/aromatic N) is 1. The van der Waals surface area contributed by atoms with Gasteiger partial charge in [0.2, 0.25) is 10.0 Å². The molecule has 3 N–H and O–H groups in total. The molecule has 0 atom stereocenters. The number of nitrogens with two attached hydrogens (primary N) is 1. The molecule has 0 saturated carbocycles. The molecule has 102 valence electrons. The van der Waals surface area contributed by atoms with Gasteiger partial charge >= 0.3 is 0 Å². The van der Waals surface area contributed by atoms with Gasteiger partial charge in [-0.1, -0.05) is 0 Å². The van der Waals surface area contributed by atoms with Crippen LogP contribution in [0.5, 0.6) is 0 Å². The van der Waals surface area contributed by atoms with Crippen molar-refractivity contribution >= 4 is 26.5 Å². The topological polar surface area (TPSA) is 85.1 Å².